The van der Waals surface area contributed by atoms with Gasteiger partial charge in [0.25, 0.3) is 0 Å². The highest BCUT2D eigenvalue weighted by Gasteiger charge is 2.14. The normalized spacial score (nSPS) is 11.6. The predicted octanol–water partition coefficient (Wildman–Crippen LogP) is 0.776. The van der Waals surface area contributed by atoms with Crippen molar-refractivity contribution in [2.75, 3.05) is 0 Å². The fourth-order valence-electron chi connectivity index (χ4n) is 1.52. The summed E-state index contributed by atoms with van der Waals surface area (Å²) < 4.78 is 28.2. The minimum Gasteiger partial charge on any atom is -0.317 e. The third kappa shape index (κ3) is 2.74. The molecule has 0 fully saturated rings. The zero-order chi connectivity index (χ0) is 13.0. The van der Waals surface area contributed by atoms with Crippen molar-refractivity contribution in [1.82, 2.24) is 19.5 Å². The Kier molecular flexibility index (Phi) is 3.73. The van der Waals surface area contributed by atoms with E-state index in [1.807, 2.05) is 6.92 Å². The molecule has 0 aliphatic heterocycles. The smallest absolute Gasteiger partial charge is 0.240 e. The summed E-state index contributed by atoms with van der Waals surface area (Å²) >= 11 is 0. The summed E-state index contributed by atoms with van der Waals surface area (Å²) in [6.07, 6.45) is 1.58. The van der Waals surface area contributed by atoms with Crippen molar-refractivity contribution in [2.45, 2.75) is 24.9 Å². The number of hydrogen-bond donors (Lipinski definition) is 1. The molecule has 0 amide bonds. The number of benzene rings is 1. The molecule has 0 atom stereocenters. The van der Waals surface area contributed by atoms with Gasteiger partial charge in [0.05, 0.1) is 11.4 Å². The predicted molar refractivity (Wildman–Crippen MR) is 66.2 cm³/mol. The summed E-state index contributed by atoms with van der Waals surface area (Å²) in [5, 5.41) is 7.61. The molecule has 1 aromatic heterocycles. The number of hydrogen-bond acceptors (Lipinski definition) is 4. The van der Waals surface area contributed by atoms with Crippen LogP contribution >= 0.6 is 0 Å². The van der Waals surface area contributed by atoms with E-state index in [0.717, 1.165) is 0 Å². The first kappa shape index (κ1) is 12.7. The maximum Gasteiger partial charge on any atom is 0.240 e. The molecule has 6 nitrogen and oxygen atoms in total. The van der Waals surface area contributed by atoms with E-state index < -0.39 is 10.0 Å². The van der Waals surface area contributed by atoms with Crippen LogP contribution in [0.25, 0.3) is 0 Å². The van der Waals surface area contributed by atoms with Crippen molar-refractivity contribution in [2.24, 2.45) is 0 Å². The average Bonchev–Trinajstić information content (AvgIpc) is 2.85. The van der Waals surface area contributed by atoms with Crippen molar-refractivity contribution in [3.63, 3.8) is 0 Å². The molecule has 96 valence electrons. The highest BCUT2D eigenvalue weighted by atomic mass is 32.2. The van der Waals surface area contributed by atoms with Gasteiger partial charge in [0.15, 0.2) is 0 Å². The average molecular weight is 266 g/mol. The van der Waals surface area contributed by atoms with Crippen LogP contribution in [-0.2, 0) is 23.1 Å². The van der Waals surface area contributed by atoms with E-state index in [4.69, 9.17) is 0 Å². The van der Waals surface area contributed by atoms with Gasteiger partial charge in [0.2, 0.25) is 10.0 Å². The molecular weight excluding hydrogens is 252 g/mol. The van der Waals surface area contributed by atoms with Crippen LogP contribution in [0.2, 0.25) is 0 Å². The van der Waals surface area contributed by atoms with Crippen LogP contribution in [0.15, 0.2) is 41.6 Å². The van der Waals surface area contributed by atoms with Gasteiger partial charge in [-0.1, -0.05) is 18.2 Å². The lowest BCUT2D eigenvalue weighted by atomic mass is 10.4. The van der Waals surface area contributed by atoms with E-state index in [9.17, 15) is 8.42 Å². The van der Waals surface area contributed by atoms with Gasteiger partial charge in [-0.05, 0) is 19.1 Å². The van der Waals surface area contributed by atoms with Gasteiger partial charge >= 0.3 is 0 Å². The number of rotatable bonds is 5. The molecule has 0 saturated carbocycles. The number of aromatic nitrogens is 3. The van der Waals surface area contributed by atoms with E-state index in [0.29, 0.717) is 12.4 Å². The fourth-order valence-corrected chi connectivity index (χ4v) is 2.52. The summed E-state index contributed by atoms with van der Waals surface area (Å²) in [7, 11) is -3.49. The lowest BCUT2D eigenvalue weighted by Gasteiger charge is -2.06. The monoisotopic (exact) mass is 266 g/mol. The van der Waals surface area contributed by atoms with Crippen molar-refractivity contribution >= 4 is 10.0 Å². The molecule has 0 spiro atoms. The first-order valence-electron chi connectivity index (χ1n) is 5.55. The summed E-state index contributed by atoms with van der Waals surface area (Å²) in [5.74, 6) is 0.594. The molecule has 0 radical (unpaired) electrons. The van der Waals surface area contributed by atoms with E-state index in [-0.39, 0.29) is 11.4 Å². The van der Waals surface area contributed by atoms with Crippen LogP contribution in [0.1, 0.15) is 12.7 Å². The maximum absolute atomic E-state index is 12.0. The second-order valence-electron chi connectivity index (χ2n) is 3.67. The Labute approximate surface area is 106 Å². The van der Waals surface area contributed by atoms with Crippen LogP contribution in [-0.4, -0.2) is 23.2 Å². The maximum atomic E-state index is 12.0. The lowest BCUT2D eigenvalue weighted by molar-refractivity contribution is 0.575. The minimum absolute atomic E-state index is 0.130. The third-order valence-electron chi connectivity index (χ3n) is 2.51. The van der Waals surface area contributed by atoms with Gasteiger partial charge in [0, 0.05) is 6.54 Å². The minimum atomic E-state index is -3.49. The first-order chi connectivity index (χ1) is 8.63. The Morgan fingerprint density at radius 1 is 1.28 bits per heavy atom. The summed E-state index contributed by atoms with van der Waals surface area (Å²) in [5.41, 5.74) is 0. The van der Waals surface area contributed by atoms with Gasteiger partial charge in [0.1, 0.15) is 12.2 Å². The molecular formula is C11H14N4O2S. The standard InChI is InChI=1S/C11H14N4O2S/c1-2-15-9-12-14-11(15)8-13-18(16,17)10-6-4-3-5-7-10/h3-7,9,13H,2,8H2,1H3. The Morgan fingerprint density at radius 3 is 2.67 bits per heavy atom. The quantitative estimate of drug-likeness (QED) is 0.867. The second kappa shape index (κ2) is 5.28. The van der Waals surface area contributed by atoms with Crippen molar-refractivity contribution in [1.29, 1.82) is 0 Å². The van der Waals surface area contributed by atoms with E-state index >= 15 is 0 Å². The van der Waals surface area contributed by atoms with Gasteiger partial charge in [-0.25, -0.2) is 13.1 Å². The Bertz CT molecular complexity index is 607. The van der Waals surface area contributed by atoms with Gasteiger partial charge in [-0.2, -0.15) is 0 Å². The topological polar surface area (TPSA) is 76.9 Å². The van der Waals surface area contributed by atoms with Crippen LogP contribution < -0.4 is 4.72 Å². The zero-order valence-corrected chi connectivity index (χ0v) is 10.8. The highest BCUT2D eigenvalue weighted by molar-refractivity contribution is 7.89. The third-order valence-corrected chi connectivity index (χ3v) is 3.93. The Morgan fingerprint density at radius 2 is 2.00 bits per heavy atom. The molecule has 2 aromatic rings. The molecule has 2 rings (SSSR count). The second-order valence-corrected chi connectivity index (χ2v) is 5.44. The van der Waals surface area contributed by atoms with Gasteiger partial charge < -0.3 is 4.57 Å². The molecule has 1 N–H and O–H groups in total. The molecule has 0 aliphatic rings. The lowest BCUT2D eigenvalue weighted by Crippen LogP contribution is -2.24. The molecule has 0 unspecified atom stereocenters. The van der Waals surface area contributed by atoms with Crippen molar-refractivity contribution in [3.05, 3.63) is 42.5 Å². The van der Waals surface area contributed by atoms with Crippen LogP contribution in [0.4, 0.5) is 0 Å². The summed E-state index contributed by atoms with van der Waals surface area (Å²) in [4.78, 5) is 0.243. The van der Waals surface area contributed by atoms with E-state index in [2.05, 4.69) is 14.9 Å². The largest absolute Gasteiger partial charge is 0.317 e. The van der Waals surface area contributed by atoms with E-state index in [1.165, 1.54) is 0 Å². The van der Waals surface area contributed by atoms with Crippen LogP contribution in [0.5, 0.6) is 0 Å². The molecule has 0 bridgehead atoms. The molecule has 18 heavy (non-hydrogen) atoms. The highest BCUT2D eigenvalue weighted by Crippen LogP contribution is 2.07. The van der Waals surface area contributed by atoms with Crippen LogP contribution in [0.3, 0.4) is 0 Å². The summed E-state index contributed by atoms with van der Waals surface area (Å²) in [6, 6.07) is 8.23. The molecule has 7 heteroatoms. The van der Waals surface area contributed by atoms with Crippen LogP contribution in [0, 0.1) is 0 Å². The SMILES string of the molecule is CCn1cnnc1CNS(=O)(=O)c1ccccc1. The molecule has 1 aromatic carbocycles. The number of nitrogens with zero attached hydrogens (tertiary/aromatic N) is 3. The number of nitrogens with one attached hydrogen (secondary N) is 1. The van der Waals surface area contributed by atoms with Gasteiger partial charge in [-0.3, -0.25) is 0 Å². The van der Waals surface area contributed by atoms with Crippen molar-refractivity contribution < 1.29 is 8.42 Å². The van der Waals surface area contributed by atoms with E-state index in [1.54, 1.807) is 41.2 Å². The summed E-state index contributed by atoms with van der Waals surface area (Å²) in [6.45, 7) is 2.78. The van der Waals surface area contributed by atoms with Crippen molar-refractivity contribution in [3.8, 4) is 0 Å². The first-order valence-corrected chi connectivity index (χ1v) is 7.03. The Hall–Kier alpha value is -1.73. The molecule has 1 heterocycles. The zero-order valence-electron chi connectivity index (χ0n) is 9.94. The Balaban J connectivity index is 2.11. The molecule has 0 saturated heterocycles. The number of aryl methyl sites for hydroxylation is 1. The van der Waals surface area contributed by atoms with Gasteiger partial charge in [-0.15, -0.1) is 10.2 Å². The number of sulfonamides is 1. The fraction of sp³-hybridized carbons (Fsp3) is 0.273. The molecule has 0 aliphatic carbocycles.